The van der Waals surface area contributed by atoms with Gasteiger partial charge in [-0.1, -0.05) is 30.3 Å². The highest BCUT2D eigenvalue weighted by molar-refractivity contribution is 6.01. The number of aliphatic imine (C=N–C) groups is 1. The number of hydrogen-bond acceptors (Lipinski definition) is 12. The molecule has 2 aromatic rings. The molecule has 0 aliphatic carbocycles. The average Bonchev–Trinajstić information content (AvgIpc) is 3.45. The molecule has 2 saturated heterocycles. The quantitative estimate of drug-likeness (QED) is 0.147. The monoisotopic (exact) mass is 741 g/mol. The van der Waals surface area contributed by atoms with Crippen LogP contribution in [-0.4, -0.2) is 110 Å². The number of benzene rings is 1. The number of carbonyl (C=O) groups is 5. The lowest BCUT2D eigenvalue weighted by Crippen LogP contribution is -2.70. The maximum atomic E-state index is 13.6. The first-order valence-corrected chi connectivity index (χ1v) is 17.3. The third kappa shape index (κ3) is 12.9. The molecule has 4 rings (SSSR count). The molecule has 1 aromatic carbocycles. The van der Waals surface area contributed by atoms with Crippen molar-refractivity contribution in [1.29, 1.82) is 0 Å². The molecule has 2 aliphatic rings. The second kappa shape index (κ2) is 16.5. The van der Waals surface area contributed by atoms with Crippen LogP contribution in [0.5, 0.6) is 0 Å². The van der Waals surface area contributed by atoms with E-state index in [1.54, 1.807) is 62.3 Å². The maximum Gasteiger partial charge on any atom is 0.417 e. The number of ether oxygens (including phenoxy) is 4. The van der Waals surface area contributed by atoms with Crippen LogP contribution in [0.4, 0.5) is 19.2 Å². The number of rotatable bonds is 9. The van der Waals surface area contributed by atoms with E-state index in [-0.39, 0.29) is 44.0 Å². The molecule has 1 aromatic heterocycles. The lowest BCUT2D eigenvalue weighted by atomic mass is 9.99. The molecule has 5 amide bonds. The SMILES string of the molecule is CC(C)(C)OC(=O)NC(=NCc1cnn(C[C@H]2NC(=O)[C@H]2NC(=O)OCc2ccccc2)n1)N(CC1CN(C(=O)OC(C)(C)C)C1)C(=O)OC(C)(C)C. The number of nitrogens with one attached hydrogen (secondary N) is 3. The Kier molecular flexibility index (Phi) is 12.6. The topological polar surface area (TPSA) is 208 Å². The van der Waals surface area contributed by atoms with Gasteiger partial charge in [0.1, 0.15) is 35.1 Å². The molecule has 18 nitrogen and oxygen atoms in total. The van der Waals surface area contributed by atoms with Gasteiger partial charge in [0, 0.05) is 25.6 Å². The fourth-order valence-electron chi connectivity index (χ4n) is 5.05. The Morgan fingerprint density at radius 1 is 0.925 bits per heavy atom. The lowest BCUT2D eigenvalue weighted by molar-refractivity contribution is -0.132. The summed E-state index contributed by atoms with van der Waals surface area (Å²) in [7, 11) is 0. The van der Waals surface area contributed by atoms with E-state index in [0.29, 0.717) is 18.8 Å². The Labute approximate surface area is 308 Å². The third-order valence-electron chi connectivity index (χ3n) is 7.37. The summed E-state index contributed by atoms with van der Waals surface area (Å²) in [6.45, 7) is 16.3. The summed E-state index contributed by atoms with van der Waals surface area (Å²) >= 11 is 0. The van der Waals surface area contributed by atoms with Gasteiger partial charge in [0.2, 0.25) is 11.9 Å². The van der Waals surface area contributed by atoms with E-state index < -0.39 is 53.3 Å². The molecule has 0 radical (unpaired) electrons. The van der Waals surface area contributed by atoms with Crippen LogP contribution in [-0.2, 0) is 43.4 Å². The molecule has 2 atom stereocenters. The summed E-state index contributed by atoms with van der Waals surface area (Å²) < 4.78 is 21.8. The zero-order valence-electron chi connectivity index (χ0n) is 31.8. The van der Waals surface area contributed by atoms with Gasteiger partial charge in [-0.05, 0) is 67.9 Å². The number of likely N-dealkylation sites (tertiary alicyclic amines) is 1. The van der Waals surface area contributed by atoms with Crippen molar-refractivity contribution >= 4 is 36.2 Å². The van der Waals surface area contributed by atoms with E-state index in [2.05, 4.69) is 31.1 Å². The highest BCUT2D eigenvalue weighted by Gasteiger charge is 2.42. The highest BCUT2D eigenvalue weighted by atomic mass is 16.6. The van der Waals surface area contributed by atoms with Gasteiger partial charge in [-0.25, -0.2) is 29.1 Å². The number of nitrogens with zero attached hydrogens (tertiary/aromatic N) is 6. The minimum Gasteiger partial charge on any atom is -0.445 e. The molecule has 0 bridgehead atoms. The second-order valence-electron chi connectivity index (χ2n) is 15.8. The number of guanidine groups is 1. The van der Waals surface area contributed by atoms with E-state index >= 15 is 0 Å². The van der Waals surface area contributed by atoms with E-state index in [9.17, 15) is 24.0 Å². The smallest absolute Gasteiger partial charge is 0.417 e. The van der Waals surface area contributed by atoms with Crippen molar-refractivity contribution in [3.05, 3.63) is 47.8 Å². The molecular weight excluding hydrogens is 690 g/mol. The predicted octanol–water partition coefficient (Wildman–Crippen LogP) is 3.56. The van der Waals surface area contributed by atoms with Crippen LogP contribution >= 0.6 is 0 Å². The summed E-state index contributed by atoms with van der Waals surface area (Å²) in [4.78, 5) is 72.3. The van der Waals surface area contributed by atoms with Gasteiger partial charge in [-0.15, -0.1) is 0 Å². The fourth-order valence-corrected chi connectivity index (χ4v) is 5.05. The number of carbonyl (C=O) groups excluding carboxylic acids is 5. The van der Waals surface area contributed by atoms with Crippen molar-refractivity contribution in [2.75, 3.05) is 19.6 Å². The number of hydrogen-bond donors (Lipinski definition) is 3. The van der Waals surface area contributed by atoms with Crippen molar-refractivity contribution in [1.82, 2.24) is 40.7 Å². The number of alkyl carbamates (subject to hydrolysis) is 2. The van der Waals surface area contributed by atoms with Gasteiger partial charge in [0.15, 0.2) is 0 Å². The predicted molar refractivity (Wildman–Crippen MR) is 190 cm³/mol. The van der Waals surface area contributed by atoms with Crippen LogP contribution < -0.4 is 16.0 Å². The van der Waals surface area contributed by atoms with Gasteiger partial charge in [0.05, 0.1) is 25.3 Å². The standard InChI is InChI=1S/C35H51N9O9/c1-33(2,3)51-30(47)40-28(43(32(49)53-35(7,8)9)19-23-17-42(18-23)31(48)52-34(4,5)6)36-15-24-16-37-44(41-24)20-25-26(27(45)38-25)39-29(46)50-21-22-13-11-10-12-14-22/h10-14,16,23,25-26H,15,17-21H2,1-9H3,(H,38,45)(H,39,46)(H,36,40,47)/t25-,26+/m1/s1. The van der Waals surface area contributed by atoms with Crippen LogP contribution in [0.1, 0.15) is 73.6 Å². The summed E-state index contributed by atoms with van der Waals surface area (Å²) in [5.41, 5.74) is -1.21. The van der Waals surface area contributed by atoms with Crippen LogP contribution in [0.3, 0.4) is 0 Å². The van der Waals surface area contributed by atoms with Gasteiger partial charge in [0.25, 0.3) is 0 Å². The summed E-state index contributed by atoms with van der Waals surface area (Å²) in [6.07, 6.45) is -1.37. The van der Waals surface area contributed by atoms with Gasteiger partial charge >= 0.3 is 24.4 Å². The van der Waals surface area contributed by atoms with Crippen molar-refractivity contribution in [3.63, 3.8) is 0 Å². The van der Waals surface area contributed by atoms with Gasteiger partial charge < -0.3 is 34.5 Å². The van der Waals surface area contributed by atoms with Crippen LogP contribution in [0, 0.1) is 5.92 Å². The van der Waals surface area contributed by atoms with Gasteiger partial charge in [-0.2, -0.15) is 15.0 Å². The first-order valence-electron chi connectivity index (χ1n) is 17.3. The highest BCUT2D eigenvalue weighted by Crippen LogP contribution is 2.22. The molecule has 0 spiro atoms. The number of amides is 5. The van der Waals surface area contributed by atoms with E-state index in [1.165, 1.54) is 20.8 Å². The molecule has 2 fully saturated rings. The maximum absolute atomic E-state index is 13.6. The van der Waals surface area contributed by atoms with Crippen LogP contribution in [0.15, 0.2) is 41.5 Å². The molecule has 0 saturated carbocycles. The zero-order chi connectivity index (χ0) is 39.1. The molecule has 290 valence electrons. The van der Waals surface area contributed by atoms with E-state index in [4.69, 9.17) is 18.9 Å². The van der Waals surface area contributed by atoms with Crippen molar-refractivity contribution < 1.29 is 42.9 Å². The van der Waals surface area contributed by atoms with Crippen LogP contribution in [0.25, 0.3) is 0 Å². The average molecular weight is 742 g/mol. The minimum absolute atomic E-state index is 0.0532. The molecule has 0 unspecified atom stereocenters. The van der Waals surface area contributed by atoms with E-state index in [0.717, 1.165) is 5.56 Å². The Bertz CT molecular complexity index is 1650. The Hall–Kier alpha value is -5.42. The van der Waals surface area contributed by atoms with Gasteiger partial charge in [-0.3, -0.25) is 10.1 Å². The zero-order valence-corrected chi connectivity index (χ0v) is 31.8. The summed E-state index contributed by atoms with van der Waals surface area (Å²) in [5.74, 6) is -0.705. The molecule has 18 heteroatoms. The summed E-state index contributed by atoms with van der Waals surface area (Å²) in [6, 6.07) is 7.79. The van der Waals surface area contributed by atoms with Crippen LogP contribution in [0.2, 0.25) is 0 Å². The summed E-state index contributed by atoms with van der Waals surface area (Å²) in [5, 5.41) is 16.6. The fraction of sp³-hybridized carbons (Fsp3) is 0.600. The molecule has 2 aliphatic heterocycles. The van der Waals surface area contributed by atoms with E-state index in [1.807, 2.05) is 30.3 Å². The van der Waals surface area contributed by atoms with Crippen molar-refractivity contribution in [2.45, 2.75) is 111 Å². The molecule has 53 heavy (non-hydrogen) atoms. The largest absolute Gasteiger partial charge is 0.445 e. The molecule has 3 heterocycles. The Morgan fingerprint density at radius 2 is 1.57 bits per heavy atom. The second-order valence-corrected chi connectivity index (χ2v) is 15.8. The lowest BCUT2D eigenvalue weighted by Gasteiger charge is -2.41. The van der Waals surface area contributed by atoms with Crippen molar-refractivity contribution in [3.8, 4) is 0 Å². The Morgan fingerprint density at radius 3 is 2.17 bits per heavy atom. The third-order valence-corrected chi connectivity index (χ3v) is 7.37. The number of aromatic nitrogens is 3. The first kappa shape index (κ1) is 40.4. The molecular formula is C35H51N9O9. The van der Waals surface area contributed by atoms with Crippen molar-refractivity contribution in [2.24, 2.45) is 10.9 Å². The number of β-lactam (4-membered cyclic amide) rings is 1. The first-order chi connectivity index (χ1) is 24.6. The normalized spacial score (nSPS) is 17.8. The molecule has 3 N–H and O–H groups in total. The minimum atomic E-state index is -0.875. The Balaban J connectivity index is 1.45.